The van der Waals surface area contributed by atoms with Gasteiger partial charge in [-0.15, -0.1) is 0 Å². The molecule has 4 rings (SSSR count). The molecule has 3 aromatic rings. The molecule has 0 spiro atoms. The number of carbonyl (C=O) groups excluding carboxylic acids is 1. The fraction of sp³-hybridized carbons (Fsp3) is 0.357. The zero-order valence-corrected chi connectivity index (χ0v) is 20.0. The van der Waals surface area contributed by atoms with Crippen LogP contribution < -0.4 is 10.6 Å². The van der Waals surface area contributed by atoms with Crippen LogP contribution in [0.25, 0.3) is 0 Å². The van der Waals surface area contributed by atoms with Crippen LogP contribution in [-0.4, -0.2) is 17.4 Å². The molecule has 0 aliphatic heterocycles. The minimum Gasteiger partial charge on any atom is -0.354 e. The first-order chi connectivity index (χ1) is 17.2. The molecule has 1 heterocycles. The van der Waals surface area contributed by atoms with E-state index >= 15 is 0 Å². The zero-order chi connectivity index (χ0) is 25.7. The lowest BCUT2D eigenvalue weighted by molar-refractivity contribution is -0.141. The first-order valence-electron chi connectivity index (χ1n) is 12.1. The van der Waals surface area contributed by atoms with E-state index in [0.717, 1.165) is 30.0 Å². The highest BCUT2D eigenvalue weighted by atomic mass is 19.4. The molecule has 2 aromatic carbocycles. The predicted molar refractivity (Wildman–Crippen MR) is 129 cm³/mol. The van der Waals surface area contributed by atoms with Crippen LogP contribution in [0, 0.1) is 18.7 Å². The molecule has 1 fully saturated rings. The summed E-state index contributed by atoms with van der Waals surface area (Å²) in [6.45, 7) is 2.30. The maximum Gasteiger partial charge on any atom is 0.433 e. The maximum absolute atomic E-state index is 14.0. The van der Waals surface area contributed by atoms with Gasteiger partial charge in [0.1, 0.15) is 17.6 Å². The number of alkyl halides is 3. The molecule has 2 atom stereocenters. The molecule has 1 aliphatic rings. The molecule has 1 aliphatic carbocycles. The van der Waals surface area contributed by atoms with E-state index in [1.54, 1.807) is 19.1 Å². The van der Waals surface area contributed by atoms with E-state index in [9.17, 15) is 22.4 Å². The Morgan fingerprint density at radius 2 is 1.81 bits per heavy atom. The highest BCUT2D eigenvalue weighted by Gasteiger charge is 2.32. The monoisotopic (exact) mass is 499 g/mol. The standard InChI is InChI=1S/C28H29F4N3O/c1-18-15-22(11-12-23(18)29)24(13-9-20-10-14-25(33-16-20)28(30,31)32)35-26(21-5-3-2-4-6-21)27(36)34-17-19-7-8-19/h2-6,10-12,14-16,19,24,26,35H,7-9,13,17H2,1H3,(H,34,36). The molecule has 190 valence electrons. The summed E-state index contributed by atoms with van der Waals surface area (Å²) < 4.78 is 52.6. The number of nitrogens with one attached hydrogen (secondary N) is 2. The molecule has 8 heteroatoms. The van der Waals surface area contributed by atoms with Gasteiger partial charge in [-0.1, -0.05) is 48.5 Å². The van der Waals surface area contributed by atoms with Crippen LogP contribution >= 0.6 is 0 Å². The summed E-state index contributed by atoms with van der Waals surface area (Å²) in [7, 11) is 0. The van der Waals surface area contributed by atoms with Crippen molar-refractivity contribution in [2.75, 3.05) is 6.54 Å². The molecule has 36 heavy (non-hydrogen) atoms. The molecule has 1 amide bonds. The number of benzene rings is 2. The molecule has 0 radical (unpaired) electrons. The summed E-state index contributed by atoms with van der Waals surface area (Å²) in [4.78, 5) is 16.8. The number of halogens is 4. The number of carbonyl (C=O) groups is 1. The number of amides is 1. The van der Waals surface area contributed by atoms with Crippen LogP contribution in [0.15, 0.2) is 66.9 Å². The number of rotatable bonds is 10. The van der Waals surface area contributed by atoms with E-state index in [4.69, 9.17) is 0 Å². The van der Waals surface area contributed by atoms with Crippen LogP contribution in [0.1, 0.15) is 59.3 Å². The summed E-state index contributed by atoms with van der Waals surface area (Å²) in [6.07, 6.45) is -0.148. The van der Waals surface area contributed by atoms with Gasteiger partial charge >= 0.3 is 6.18 Å². The summed E-state index contributed by atoms with van der Waals surface area (Å²) in [6, 6.07) is 15.5. The molecule has 2 unspecified atom stereocenters. The van der Waals surface area contributed by atoms with Crippen molar-refractivity contribution < 1.29 is 22.4 Å². The van der Waals surface area contributed by atoms with Gasteiger partial charge in [0, 0.05) is 18.8 Å². The minimum atomic E-state index is -4.50. The number of hydrogen-bond acceptors (Lipinski definition) is 3. The van der Waals surface area contributed by atoms with Gasteiger partial charge in [-0.3, -0.25) is 15.1 Å². The van der Waals surface area contributed by atoms with Gasteiger partial charge < -0.3 is 5.32 Å². The Kier molecular flexibility index (Phi) is 8.04. The molecule has 1 aromatic heterocycles. The summed E-state index contributed by atoms with van der Waals surface area (Å²) in [5.41, 5.74) is 1.77. The van der Waals surface area contributed by atoms with E-state index < -0.39 is 17.9 Å². The van der Waals surface area contributed by atoms with Gasteiger partial charge in [0.05, 0.1) is 0 Å². The molecule has 0 saturated heterocycles. The Balaban J connectivity index is 1.57. The fourth-order valence-electron chi connectivity index (χ4n) is 4.12. The van der Waals surface area contributed by atoms with Crippen LogP contribution in [0.2, 0.25) is 0 Å². The second-order valence-electron chi connectivity index (χ2n) is 9.35. The minimum absolute atomic E-state index is 0.145. The van der Waals surface area contributed by atoms with Crippen LogP contribution in [-0.2, 0) is 17.4 Å². The molecule has 4 nitrogen and oxygen atoms in total. The topological polar surface area (TPSA) is 54.0 Å². The largest absolute Gasteiger partial charge is 0.433 e. The Morgan fingerprint density at radius 1 is 1.06 bits per heavy atom. The van der Waals surface area contributed by atoms with E-state index in [2.05, 4.69) is 15.6 Å². The smallest absolute Gasteiger partial charge is 0.354 e. The molecule has 0 bridgehead atoms. The first kappa shape index (κ1) is 25.8. The lowest BCUT2D eigenvalue weighted by Gasteiger charge is -2.27. The van der Waals surface area contributed by atoms with Crippen molar-refractivity contribution in [3.63, 3.8) is 0 Å². The van der Waals surface area contributed by atoms with Crippen LogP contribution in [0.4, 0.5) is 17.6 Å². The van der Waals surface area contributed by atoms with Crippen molar-refractivity contribution in [1.82, 2.24) is 15.6 Å². The second-order valence-corrected chi connectivity index (χ2v) is 9.35. The van der Waals surface area contributed by atoms with Crippen LogP contribution in [0.5, 0.6) is 0 Å². The van der Waals surface area contributed by atoms with Crippen molar-refractivity contribution in [3.8, 4) is 0 Å². The normalized spacial score (nSPS) is 15.4. The SMILES string of the molecule is Cc1cc(C(CCc2ccc(C(F)(F)F)nc2)NC(C(=O)NCC2CC2)c2ccccc2)ccc1F. The van der Waals surface area contributed by atoms with Gasteiger partial charge in [-0.05, 0) is 72.9 Å². The molecular formula is C28H29F4N3O. The van der Waals surface area contributed by atoms with Gasteiger partial charge in [0.25, 0.3) is 0 Å². The Hall–Kier alpha value is -3.26. The lowest BCUT2D eigenvalue weighted by Crippen LogP contribution is -2.40. The summed E-state index contributed by atoms with van der Waals surface area (Å²) >= 11 is 0. The third-order valence-corrected chi connectivity index (χ3v) is 6.45. The number of aryl methyl sites for hydroxylation is 2. The number of nitrogens with zero attached hydrogens (tertiary/aromatic N) is 1. The lowest BCUT2D eigenvalue weighted by atomic mass is 9.95. The van der Waals surface area contributed by atoms with Gasteiger partial charge in [-0.2, -0.15) is 13.2 Å². The highest BCUT2D eigenvalue weighted by molar-refractivity contribution is 5.83. The third-order valence-electron chi connectivity index (χ3n) is 6.45. The molecule has 1 saturated carbocycles. The van der Waals surface area contributed by atoms with Crippen LogP contribution in [0.3, 0.4) is 0 Å². The van der Waals surface area contributed by atoms with Crippen molar-refractivity contribution in [2.45, 2.75) is 50.9 Å². The van der Waals surface area contributed by atoms with E-state index in [0.29, 0.717) is 36.4 Å². The molecular weight excluding hydrogens is 470 g/mol. The Morgan fingerprint density at radius 3 is 2.42 bits per heavy atom. The maximum atomic E-state index is 14.0. The van der Waals surface area contributed by atoms with Crippen molar-refractivity contribution in [2.24, 2.45) is 5.92 Å². The number of pyridine rings is 1. The van der Waals surface area contributed by atoms with Gasteiger partial charge in [0.2, 0.25) is 5.91 Å². The first-order valence-corrected chi connectivity index (χ1v) is 12.1. The van der Waals surface area contributed by atoms with E-state index in [-0.39, 0.29) is 17.8 Å². The summed E-state index contributed by atoms with van der Waals surface area (Å²) in [5.74, 6) is 0.0486. The van der Waals surface area contributed by atoms with E-state index in [1.807, 2.05) is 30.3 Å². The zero-order valence-electron chi connectivity index (χ0n) is 20.0. The number of hydrogen-bond donors (Lipinski definition) is 2. The van der Waals surface area contributed by atoms with Crippen molar-refractivity contribution in [3.05, 3.63) is 101 Å². The third kappa shape index (κ3) is 6.91. The average molecular weight is 500 g/mol. The van der Waals surface area contributed by atoms with Gasteiger partial charge in [-0.25, -0.2) is 4.39 Å². The number of aromatic nitrogens is 1. The van der Waals surface area contributed by atoms with Gasteiger partial charge in [0.15, 0.2) is 0 Å². The van der Waals surface area contributed by atoms with E-state index in [1.165, 1.54) is 18.3 Å². The molecule has 2 N–H and O–H groups in total. The average Bonchev–Trinajstić information content (AvgIpc) is 3.69. The Labute approximate surface area is 208 Å². The summed E-state index contributed by atoms with van der Waals surface area (Å²) in [5, 5.41) is 6.48. The highest BCUT2D eigenvalue weighted by Crippen LogP contribution is 2.30. The second kappa shape index (κ2) is 11.2. The predicted octanol–water partition coefficient (Wildman–Crippen LogP) is 6.08. The fourth-order valence-corrected chi connectivity index (χ4v) is 4.12. The van der Waals surface area contributed by atoms with Crippen molar-refractivity contribution >= 4 is 5.91 Å². The Bertz CT molecular complexity index is 1160. The quantitative estimate of drug-likeness (QED) is 0.333. The van der Waals surface area contributed by atoms with Crippen molar-refractivity contribution in [1.29, 1.82) is 0 Å².